The zero-order valence-electron chi connectivity index (χ0n) is 16.9. The van der Waals surface area contributed by atoms with Gasteiger partial charge in [-0.1, -0.05) is 32.9 Å². The molecule has 7 nitrogen and oxygen atoms in total. The highest BCUT2D eigenvalue weighted by atomic mass is 16.5. The third-order valence-corrected chi connectivity index (χ3v) is 5.47. The van der Waals surface area contributed by atoms with Crippen LogP contribution in [0.25, 0.3) is 0 Å². The van der Waals surface area contributed by atoms with E-state index in [-0.39, 0.29) is 24.5 Å². The third-order valence-electron chi connectivity index (χ3n) is 5.47. The van der Waals surface area contributed by atoms with E-state index in [2.05, 4.69) is 26.1 Å². The number of nitrogens with one attached hydrogen (secondary N) is 1. The van der Waals surface area contributed by atoms with E-state index in [0.717, 1.165) is 16.9 Å². The number of hydrogen-bond donors (Lipinski definition) is 1. The largest absolute Gasteiger partial charge is 0.497 e. The molecule has 1 N–H and O–H groups in total. The van der Waals surface area contributed by atoms with Crippen LogP contribution >= 0.6 is 0 Å². The van der Waals surface area contributed by atoms with Crippen molar-refractivity contribution in [3.8, 4) is 5.75 Å². The van der Waals surface area contributed by atoms with E-state index in [9.17, 15) is 14.4 Å². The summed E-state index contributed by atoms with van der Waals surface area (Å²) in [6.07, 6.45) is 2.17. The maximum absolute atomic E-state index is 13.0. The van der Waals surface area contributed by atoms with Crippen LogP contribution in [-0.4, -0.2) is 42.0 Å². The standard InChI is InChI=1S/C21H28N2O5/c1-14-9-20(2,3)13-21(10-14)18(25)23(19(26)22-21)11-17(24)28-12-15-5-7-16(27-4)8-6-15/h5-8,14H,9-13H2,1-4H3,(H,22,26)/t14-,21-/m1/s1. The minimum Gasteiger partial charge on any atom is -0.497 e. The molecule has 2 aliphatic rings. The second kappa shape index (κ2) is 7.45. The lowest BCUT2D eigenvalue weighted by atomic mass is 9.64. The predicted octanol–water partition coefficient (Wildman–Crippen LogP) is 2.88. The van der Waals surface area contributed by atoms with E-state index in [1.54, 1.807) is 31.4 Å². The summed E-state index contributed by atoms with van der Waals surface area (Å²) in [4.78, 5) is 38.7. The average molecular weight is 388 g/mol. The van der Waals surface area contributed by atoms with Crippen LogP contribution < -0.4 is 10.1 Å². The summed E-state index contributed by atoms with van der Waals surface area (Å²) < 4.78 is 10.3. The van der Waals surface area contributed by atoms with E-state index in [4.69, 9.17) is 9.47 Å². The van der Waals surface area contributed by atoms with Crippen LogP contribution in [0.15, 0.2) is 24.3 Å². The smallest absolute Gasteiger partial charge is 0.326 e. The molecule has 3 rings (SSSR count). The number of carbonyl (C=O) groups is 3. The molecule has 28 heavy (non-hydrogen) atoms. The van der Waals surface area contributed by atoms with Crippen molar-refractivity contribution in [2.24, 2.45) is 11.3 Å². The molecule has 1 heterocycles. The van der Waals surface area contributed by atoms with E-state index < -0.39 is 17.5 Å². The normalized spacial score (nSPS) is 26.3. The Hall–Kier alpha value is -2.57. The number of urea groups is 1. The molecule has 1 aliphatic carbocycles. The molecule has 0 bridgehead atoms. The van der Waals surface area contributed by atoms with Crippen LogP contribution in [0.2, 0.25) is 0 Å². The average Bonchev–Trinajstić information content (AvgIpc) is 2.82. The maximum atomic E-state index is 13.0. The van der Waals surface area contributed by atoms with Crippen molar-refractivity contribution in [3.05, 3.63) is 29.8 Å². The Morgan fingerprint density at radius 1 is 1.21 bits per heavy atom. The Morgan fingerprint density at radius 3 is 2.50 bits per heavy atom. The van der Waals surface area contributed by atoms with Crippen molar-refractivity contribution in [2.75, 3.05) is 13.7 Å². The summed E-state index contributed by atoms with van der Waals surface area (Å²) >= 11 is 0. The van der Waals surface area contributed by atoms with Crippen molar-refractivity contribution < 1.29 is 23.9 Å². The molecule has 1 saturated heterocycles. The highest BCUT2D eigenvalue weighted by Crippen LogP contribution is 2.46. The molecular formula is C21H28N2O5. The van der Waals surface area contributed by atoms with Crippen molar-refractivity contribution in [2.45, 2.75) is 52.2 Å². The molecule has 2 fully saturated rings. The second-order valence-corrected chi connectivity index (χ2v) is 8.77. The molecule has 1 spiro atoms. The number of nitrogens with zero attached hydrogens (tertiary/aromatic N) is 1. The number of rotatable bonds is 5. The van der Waals surface area contributed by atoms with Gasteiger partial charge in [-0.3, -0.25) is 14.5 Å². The summed E-state index contributed by atoms with van der Waals surface area (Å²) in [7, 11) is 1.58. The summed E-state index contributed by atoms with van der Waals surface area (Å²) in [5.74, 6) is 0.0947. The van der Waals surface area contributed by atoms with E-state index in [1.165, 1.54) is 0 Å². The summed E-state index contributed by atoms with van der Waals surface area (Å²) in [5.41, 5.74) is -0.161. The van der Waals surface area contributed by atoms with Gasteiger partial charge in [-0.15, -0.1) is 0 Å². The number of benzene rings is 1. The lowest BCUT2D eigenvalue weighted by molar-refractivity contribution is -0.149. The van der Waals surface area contributed by atoms with Gasteiger partial charge < -0.3 is 14.8 Å². The monoisotopic (exact) mass is 388 g/mol. The van der Waals surface area contributed by atoms with Gasteiger partial charge in [0.1, 0.15) is 24.4 Å². The topological polar surface area (TPSA) is 84.9 Å². The number of carbonyl (C=O) groups excluding carboxylic acids is 3. The molecule has 1 saturated carbocycles. The lowest BCUT2D eigenvalue weighted by Gasteiger charge is -2.43. The summed E-state index contributed by atoms with van der Waals surface area (Å²) in [6.45, 7) is 6.00. The van der Waals surface area contributed by atoms with Gasteiger partial charge in [0.2, 0.25) is 0 Å². The zero-order valence-corrected chi connectivity index (χ0v) is 16.9. The van der Waals surface area contributed by atoms with Gasteiger partial charge in [-0.25, -0.2) is 4.79 Å². The molecule has 3 amide bonds. The fraction of sp³-hybridized carbons (Fsp3) is 0.571. The number of hydrogen-bond acceptors (Lipinski definition) is 5. The molecule has 1 aromatic rings. The van der Waals surface area contributed by atoms with Crippen LogP contribution in [0, 0.1) is 11.3 Å². The van der Waals surface area contributed by atoms with E-state index in [0.29, 0.717) is 24.5 Å². The zero-order chi connectivity index (χ0) is 20.5. The first-order valence-electron chi connectivity index (χ1n) is 9.57. The molecule has 0 aromatic heterocycles. The van der Waals surface area contributed by atoms with Crippen LogP contribution in [0.4, 0.5) is 4.79 Å². The van der Waals surface area contributed by atoms with Gasteiger partial charge in [-0.05, 0) is 48.3 Å². The number of ether oxygens (including phenoxy) is 2. The van der Waals surface area contributed by atoms with Gasteiger partial charge in [0.15, 0.2) is 0 Å². The summed E-state index contributed by atoms with van der Waals surface area (Å²) in [6, 6.07) is 6.61. The molecule has 7 heteroatoms. The first-order valence-corrected chi connectivity index (χ1v) is 9.57. The van der Waals surface area contributed by atoms with E-state index >= 15 is 0 Å². The molecule has 0 radical (unpaired) electrons. The Kier molecular flexibility index (Phi) is 5.37. The Labute approximate surface area is 165 Å². The maximum Gasteiger partial charge on any atom is 0.326 e. The third kappa shape index (κ3) is 4.13. The Morgan fingerprint density at radius 2 is 1.89 bits per heavy atom. The number of imide groups is 1. The van der Waals surface area contributed by atoms with Crippen LogP contribution in [-0.2, 0) is 20.9 Å². The van der Waals surface area contributed by atoms with Crippen molar-refractivity contribution >= 4 is 17.9 Å². The van der Waals surface area contributed by atoms with Gasteiger partial charge in [0, 0.05) is 0 Å². The Bertz CT molecular complexity index is 774. The minimum absolute atomic E-state index is 0.0501. The van der Waals surface area contributed by atoms with Crippen molar-refractivity contribution in [1.29, 1.82) is 0 Å². The van der Waals surface area contributed by atoms with Crippen LogP contribution in [0.5, 0.6) is 5.75 Å². The quantitative estimate of drug-likeness (QED) is 0.619. The fourth-order valence-electron chi connectivity index (χ4n) is 4.71. The predicted molar refractivity (Wildman–Crippen MR) is 103 cm³/mol. The SMILES string of the molecule is COc1ccc(COC(=O)CN2C(=O)N[C@@]3(C[C@H](C)CC(C)(C)C3)C2=O)cc1. The molecule has 1 aromatic carbocycles. The fourth-order valence-corrected chi connectivity index (χ4v) is 4.71. The summed E-state index contributed by atoms with van der Waals surface area (Å²) in [5, 5.41) is 2.86. The van der Waals surface area contributed by atoms with Gasteiger partial charge in [0.05, 0.1) is 7.11 Å². The lowest BCUT2D eigenvalue weighted by Crippen LogP contribution is -2.54. The van der Waals surface area contributed by atoms with Crippen molar-refractivity contribution in [3.63, 3.8) is 0 Å². The number of methoxy groups -OCH3 is 1. The van der Waals surface area contributed by atoms with Gasteiger partial charge in [-0.2, -0.15) is 0 Å². The highest BCUT2D eigenvalue weighted by Gasteiger charge is 2.56. The van der Waals surface area contributed by atoms with Gasteiger partial charge >= 0.3 is 12.0 Å². The molecule has 2 atom stereocenters. The first kappa shape index (κ1) is 20.2. The van der Waals surface area contributed by atoms with Gasteiger partial charge in [0.25, 0.3) is 5.91 Å². The van der Waals surface area contributed by atoms with Crippen LogP contribution in [0.3, 0.4) is 0 Å². The molecular weight excluding hydrogens is 360 g/mol. The minimum atomic E-state index is -0.908. The van der Waals surface area contributed by atoms with Crippen LogP contribution in [0.1, 0.15) is 45.6 Å². The molecule has 0 unspecified atom stereocenters. The van der Waals surface area contributed by atoms with Crippen molar-refractivity contribution in [1.82, 2.24) is 10.2 Å². The number of esters is 1. The second-order valence-electron chi connectivity index (χ2n) is 8.77. The first-order chi connectivity index (χ1) is 13.1. The molecule has 1 aliphatic heterocycles. The van der Waals surface area contributed by atoms with E-state index in [1.807, 2.05) is 0 Å². The highest BCUT2D eigenvalue weighted by molar-refractivity contribution is 6.08. The number of amides is 3. The Balaban J connectivity index is 1.61. The molecule has 152 valence electrons.